The molecule has 1 aliphatic heterocycles. The second-order valence-electron chi connectivity index (χ2n) is 4.64. The fourth-order valence-corrected chi connectivity index (χ4v) is 2.23. The summed E-state index contributed by atoms with van der Waals surface area (Å²) in [7, 11) is 3.10. The van der Waals surface area contributed by atoms with Crippen molar-refractivity contribution in [3.05, 3.63) is 23.8 Å². The number of rotatable bonds is 6. The zero-order chi connectivity index (χ0) is 13.8. The maximum atomic E-state index is 11.5. The first-order valence-corrected chi connectivity index (χ1v) is 6.18. The molecule has 1 unspecified atom stereocenters. The number of aliphatic carboxylic acids is 1. The highest BCUT2D eigenvalue weighted by Crippen LogP contribution is 2.35. The van der Waals surface area contributed by atoms with Crippen LogP contribution in [0, 0.1) is 5.92 Å². The number of benzene rings is 1. The van der Waals surface area contributed by atoms with Gasteiger partial charge in [0.15, 0.2) is 0 Å². The smallest absolute Gasteiger partial charge is 0.311 e. The molecule has 1 aliphatic rings. The van der Waals surface area contributed by atoms with Gasteiger partial charge in [0.25, 0.3) is 0 Å². The normalized spacial score (nSPS) is 16.5. The van der Waals surface area contributed by atoms with Crippen molar-refractivity contribution in [3.63, 3.8) is 0 Å². The fraction of sp³-hybridized carbons (Fsp3) is 0.500. The summed E-state index contributed by atoms with van der Waals surface area (Å²) in [6.45, 7) is 1.27. The minimum Gasteiger partial charge on any atom is -0.497 e. The molecule has 0 aromatic heterocycles. The maximum Gasteiger partial charge on any atom is 0.311 e. The lowest BCUT2D eigenvalue weighted by Gasteiger charge is -2.29. The van der Waals surface area contributed by atoms with Crippen LogP contribution in [0.5, 0.6) is 11.5 Å². The molecule has 1 saturated heterocycles. The van der Waals surface area contributed by atoms with Crippen LogP contribution in [-0.2, 0) is 9.53 Å². The highest BCUT2D eigenvalue weighted by Gasteiger charge is 2.30. The number of ether oxygens (including phenoxy) is 3. The molecular weight excluding hydrogens is 248 g/mol. The van der Waals surface area contributed by atoms with E-state index < -0.39 is 11.9 Å². The van der Waals surface area contributed by atoms with Crippen molar-refractivity contribution in [2.75, 3.05) is 27.4 Å². The fourth-order valence-electron chi connectivity index (χ4n) is 2.23. The number of carbonyl (C=O) groups is 1. The molecule has 5 nitrogen and oxygen atoms in total. The Balaban J connectivity index is 2.30. The highest BCUT2D eigenvalue weighted by molar-refractivity contribution is 5.77. The summed E-state index contributed by atoms with van der Waals surface area (Å²) >= 11 is 0. The molecule has 0 spiro atoms. The Morgan fingerprint density at radius 3 is 2.63 bits per heavy atom. The van der Waals surface area contributed by atoms with Crippen LogP contribution in [0.3, 0.4) is 0 Å². The van der Waals surface area contributed by atoms with Crippen LogP contribution in [0.15, 0.2) is 18.2 Å². The Morgan fingerprint density at radius 1 is 1.42 bits per heavy atom. The predicted octanol–water partition coefficient (Wildman–Crippen LogP) is 1.91. The first kappa shape index (κ1) is 13.7. The van der Waals surface area contributed by atoms with Crippen molar-refractivity contribution in [1.29, 1.82) is 0 Å². The Kier molecular flexibility index (Phi) is 4.27. The Hall–Kier alpha value is -1.75. The maximum absolute atomic E-state index is 11.5. The third-order valence-electron chi connectivity index (χ3n) is 3.39. The summed E-state index contributed by atoms with van der Waals surface area (Å²) in [6, 6.07) is 5.23. The molecule has 1 N–H and O–H groups in total. The average Bonchev–Trinajstić information content (AvgIpc) is 2.36. The molecule has 0 bridgehead atoms. The van der Waals surface area contributed by atoms with Crippen LogP contribution in [0.2, 0.25) is 0 Å². The molecule has 0 amide bonds. The summed E-state index contributed by atoms with van der Waals surface area (Å²) in [6.07, 6.45) is 0.554. The van der Waals surface area contributed by atoms with Gasteiger partial charge in [0, 0.05) is 11.5 Å². The topological polar surface area (TPSA) is 65.0 Å². The molecule has 1 aromatic carbocycles. The number of hydrogen-bond acceptors (Lipinski definition) is 4. The summed E-state index contributed by atoms with van der Waals surface area (Å²) in [4.78, 5) is 11.5. The Bertz CT molecular complexity index is 453. The number of carboxylic acids is 1. The van der Waals surface area contributed by atoms with Crippen LogP contribution >= 0.6 is 0 Å². The molecule has 1 atom stereocenters. The van der Waals surface area contributed by atoms with Crippen molar-refractivity contribution in [1.82, 2.24) is 0 Å². The van der Waals surface area contributed by atoms with Gasteiger partial charge in [-0.15, -0.1) is 0 Å². The zero-order valence-electron chi connectivity index (χ0n) is 11.1. The van der Waals surface area contributed by atoms with E-state index in [9.17, 15) is 9.90 Å². The van der Waals surface area contributed by atoms with E-state index in [-0.39, 0.29) is 0 Å². The van der Waals surface area contributed by atoms with Gasteiger partial charge in [-0.1, -0.05) is 0 Å². The number of carboxylic acid groups (broad SMARTS) is 1. The molecule has 1 heterocycles. The minimum absolute atomic E-state index is 0.303. The SMILES string of the molecule is COc1ccc(OC)c(C(CC2COC2)C(=O)O)c1. The first-order valence-electron chi connectivity index (χ1n) is 6.18. The lowest BCUT2D eigenvalue weighted by Crippen LogP contribution is -2.31. The monoisotopic (exact) mass is 266 g/mol. The van der Waals surface area contributed by atoms with Gasteiger partial charge in [-0.3, -0.25) is 4.79 Å². The van der Waals surface area contributed by atoms with Crippen molar-refractivity contribution in [3.8, 4) is 11.5 Å². The third-order valence-corrected chi connectivity index (χ3v) is 3.39. The van der Waals surface area contributed by atoms with Gasteiger partial charge in [0.05, 0.1) is 33.4 Å². The van der Waals surface area contributed by atoms with E-state index in [1.165, 1.54) is 7.11 Å². The van der Waals surface area contributed by atoms with Crippen LogP contribution in [0.25, 0.3) is 0 Å². The van der Waals surface area contributed by atoms with Gasteiger partial charge in [-0.2, -0.15) is 0 Å². The second-order valence-corrected chi connectivity index (χ2v) is 4.64. The Morgan fingerprint density at radius 2 is 2.16 bits per heavy atom. The molecule has 1 aromatic rings. The van der Waals surface area contributed by atoms with Gasteiger partial charge in [-0.25, -0.2) is 0 Å². The molecule has 2 rings (SSSR count). The molecule has 104 valence electrons. The van der Waals surface area contributed by atoms with E-state index in [1.54, 1.807) is 25.3 Å². The van der Waals surface area contributed by atoms with Crippen LogP contribution in [0.1, 0.15) is 17.9 Å². The van der Waals surface area contributed by atoms with Crippen molar-refractivity contribution in [2.24, 2.45) is 5.92 Å². The summed E-state index contributed by atoms with van der Waals surface area (Å²) < 4.78 is 15.5. The van der Waals surface area contributed by atoms with E-state index in [0.29, 0.717) is 42.6 Å². The quantitative estimate of drug-likeness (QED) is 0.852. The van der Waals surface area contributed by atoms with E-state index in [0.717, 1.165) is 0 Å². The standard InChI is InChI=1S/C14H18O5/c1-17-10-3-4-13(18-2)11(6-10)12(14(15)16)5-9-7-19-8-9/h3-4,6,9,12H,5,7-8H2,1-2H3,(H,15,16). The lowest BCUT2D eigenvalue weighted by atomic mass is 9.87. The summed E-state index contributed by atoms with van der Waals surface area (Å²) in [5.41, 5.74) is 0.654. The molecule has 0 radical (unpaired) electrons. The third kappa shape index (κ3) is 2.98. The molecule has 0 aliphatic carbocycles. The average molecular weight is 266 g/mol. The van der Waals surface area contributed by atoms with Gasteiger partial charge in [0.1, 0.15) is 11.5 Å². The summed E-state index contributed by atoms with van der Waals surface area (Å²) in [5.74, 6) is 0.0646. The van der Waals surface area contributed by atoms with Gasteiger partial charge in [0.2, 0.25) is 0 Å². The van der Waals surface area contributed by atoms with Crippen LogP contribution < -0.4 is 9.47 Å². The molecule has 5 heteroatoms. The molecular formula is C14H18O5. The number of hydrogen-bond donors (Lipinski definition) is 1. The van der Waals surface area contributed by atoms with Gasteiger partial charge < -0.3 is 19.3 Å². The highest BCUT2D eigenvalue weighted by atomic mass is 16.5. The van der Waals surface area contributed by atoms with Crippen molar-refractivity contribution >= 4 is 5.97 Å². The molecule has 1 fully saturated rings. The lowest BCUT2D eigenvalue weighted by molar-refractivity contribution is -0.140. The largest absolute Gasteiger partial charge is 0.497 e. The Labute approximate surface area is 112 Å². The van der Waals surface area contributed by atoms with Crippen LogP contribution in [-0.4, -0.2) is 38.5 Å². The van der Waals surface area contributed by atoms with E-state index in [2.05, 4.69) is 0 Å². The van der Waals surface area contributed by atoms with Crippen molar-refractivity contribution in [2.45, 2.75) is 12.3 Å². The van der Waals surface area contributed by atoms with E-state index in [4.69, 9.17) is 14.2 Å². The zero-order valence-corrected chi connectivity index (χ0v) is 11.1. The van der Waals surface area contributed by atoms with E-state index >= 15 is 0 Å². The van der Waals surface area contributed by atoms with Crippen molar-refractivity contribution < 1.29 is 24.1 Å². The second kappa shape index (κ2) is 5.93. The first-order chi connectivity index (χ1) is 9.15. The van der Waals surface area contributed by atoms with Crippen LogP contribution in [0.4, 0.5) is 0 Å². The molecule has 19 heavy (non-hydrogen) atoms. The molecule has 0 saturated carbocycles. The van der Waals surface area contributed by atoms with Gasteiger partial charge >= 0.3 is 5.97 Å². The van der Waals surface area contributed by atoms with Gasteiger partial charge in [-0.05, 0) is 24.6 Å². The minimum atomic E-state index is -0.849. The number of methoxy groups -OCH3 is 2. The predicted molar refractivity (Wildman–Crippen MR) is 68.8 cm³/mol. The van der Waals surface area contributed by atoms with E-state index in [1.807, 2.05) is 0 Å². The summed E-state index contributed by atoms with van der Waals surface area (Å²) in [5, 5.41) is 9.44.